The maximum absolute atomic E-state index is 10.3. The van der Waals surface area contributed by atoms with Crippen molar-refractivity contribution in [3.05, 3.63) is 23.0 Å². The van der Waals surface area contributed by atoms with Crippen molar-refractivity contribution in [3.63, 3.8) is 0 Å². The fraction of sp³-hybridized carbons (Fsp3) is 0.733. The van der Waals surface area contributed by atoms with Crippen LogP contribution in [0.1, 0.15) is 32.1 Å². The van der Waals surface area contributed by atoms with E-state index in [9.17, 15) is 25.5 Å². The summed E-state index contributed by atoms with van der Waals surface area (Å²) >= 11 is 0. The number of aliphatic hydroxyl groups excluding tert-OH is 5. The second kappa shape index (κ2) is 5.70. The van der Waals surface area contributed by atoms with Crippen LogP contribution in [-0.4, -0.2) is 62.2 Å². The molecule has 6 heteroatoms. The van der Waals surface area contributed by atoms with Gasteiger partial charge in [-0.25, -0.2) is 0 Å². The van der Waals surface area contributed by atoms with E-state index in [1.165, 1.54) is 0 Å². The fourth-order valence-electron chi connectivity index (χ4n) is 3.40. The lowest BCUT2D eigenvalue weighted by Gasteiger charge is -2.40. The Bertz CT molecular complexity index is 471. The maximum atomic E-state index is 10.3. The van der Waals surface area contributed by atoms with Crippen LogP contribution >= 0.6 is 0 Å². The second-order valence-corrected chi connectivity index (χ2v) is 6.22. The van der Waals surface area contributed by atoms with Crippen molar-refractivity contribution in [1.82, 2.24) is 0 Å². The standard InChI is InChI=1S/C15H22O6/c16-8-4-11(18)9-6-13(20)15(21-14(9)5-8)7-1-2-10(17)12(19)3-7/h1,8,10-13,15-20H,2-6H2/t8-,10-,11+,12+,13+,15+/m1/s1. The molecule has 0 fully saturated rings. The van der Waals surface area contributed by atoms with Crippen molar-refractivity contribution in [3.8, 4) is 0 Å². The molecule has 6 nitrogen and oxygen atoms in total. The molecular weight excluding hydrogens is 276 g/mol. The van der Waals surface area contributed by atoms with E-state index in [0.29, 0.717) is 30.6 Å². The highest BCUT2D eigenvalue weighted by molar-refractivity contribution is 5.27. The summed E-state index contributed by atoms with van der Waals surface area (Å²) in [5.41, 5.74) is 1.43. The van der Waals surface area contributed by atoms with Crippen LogP contribution in [0.5, 0.6) is 0 Å². The summed E-state index contributed by atoms with van der Waals surface area (Å²) in [5, 5.41) is 49.3. The van der Waals surface area contributed by atoms with Gasteiger partial charge in [-0.1, -0.05) is 6.08 Å². The van der Waals surface area contributed by atoms with E-state index in [2.05, 4.69) is 0 Å². The summed E-state index contributed by atoms with van der Waals surface area (Å²) < 4.78 is 5.82. The first-order valence-electron chi connectivity index (χ1n) is 7.43. The topological polar surface area (TPSA) is 110 Å². The molecule has 0 aromatic carbocycles. The Labute approximate surface area is 123 Å². The van der Waals surface area contributed by atoms with Crippen molar-refractivity contribution in [1.29, 1.82) is 0 Å². The highest BCUT2D eigenvalue weighted by Gasteiger charge is 2.40. The minimum atomic E-state index is -0.848. The van der Waals surface area contributed by atoms with Gasteiger partial charge in [0.1, 0.15) is 11.9 Å². The van der Waals surface area contributed by atoms with Gasteiger partial charge < -0.3 is 30.3 Å². The van der Waals surface area contributed by atoms with Gasteiger partial charge in [0.05, 0.1) is 30.5 Å². The Hall–Kier alpha value is -0.920. The maximum Gasteiger partial charge on any atom is 0.145 e. The fourth-order valence-corrected chi connectivity index (χ4v) is 3.40. The summed E-state index contributed by atoms with van der Waals surface area (Å²) in [6.45, 7) is 0. The first kappa shape index (κ1) is 15.0. The zero-order valence-electron chi connectivity index (χ0n) is 11.7. The van der Waals surface area contributed by atoms with E-state index in [1.54, 1.807) is 6.08 Å². The Morgan fingerprint density at radius 2 is 1.67 bits per heavy atom. The van der Waals surface area contributed by atoms with Gasteiger partial charge in [-0.15, -0.1) is 0 Å². The van der Waals surface area contributed by atoms with Crippen LogP contribution in [0.4, 0.5) is 0 Å². The molecule has 118 valence electrons. The molecule has 0 bridgehead atoms. The van der Waals surface area contributed by atoms with Crippen LogP contribution < -0.4 is 0 Å². The lowest BCUT2D eigenvalue weighted by atomic mass is 9.82. The summed E-state index contributed by atoms with van der Waals surface area (Å²) in [7, 11) is 0. The lowest BCUT2D eigenvalue weighted by Crippen LogP contribution is -2.43. The van der Waals surface area contributed by atoms with Gasteiger partial charge in [-0.05, 0) is 17.6 Å². The summed E-state index contributed by atoms with van der Waals surface area (Å²) in [5.74, 6) is 0.554. The number of rotatable bonds is 1. The zero-order chi connectivity index (χ0) is 15.1. The average molecular weight is 298 g/mol. The average Bonchev–Trinajstić information content (AvgIpc) is 2.42. The predicted octanol–water partition coefficient (Wildman–Crippen LogP) is -0.652. The molecule has 3 aliphatic rings. The van der Waals surface area contributed by atoms with E-state index in [-0.39, 0.29) is 12.8 Å². The summed E-state index contributed by atoms with van der Waals surface area (Å²) in [6, 6.07) is 0. The molecule has 0 radical (unpaired) electrons. The number of aliphatic hydroxyl groups is 5. The van der Waals surface area contributed by atoms with Crippen LogP contribution in [0.15, 0.2) is 23.0 Å². The van der Waals surface area contributed by atoms with Crippen molar-refractivity contribution < 1.29 is 30.3 Å². The molecule has 0 amide bonds. The van der Waals surface area contributed by atoms with Crippen LogP contribution in [0.2, 0.25) is 0 Å². The van der Waals surface area contributed by atoms with Gasteiger partial charge in [-0.2, -0.15) is 0 Å². The monoisotopic (exact) mass is 298 g/mol. The minimum absolute atomic E-state index is 0.261. The first-order chi connectivity index (χ1) is 9.95. The van der Waals surface area contributed by atoms with Gasteiger partial charge in [0.25, 0.3) is 0 Å². The molecule has 1 aliphatic heterocycles. The largest absolute Gasteiger partial charge is 0.488 e. The summed E-state index contributed by atoms with van der Waals surface area (Å²) in [6.07, 6.45) is -1.09. The molecule has 5 N–H and O–H groups in total. The van der Waals surface area contributed by atoms with Crippen LogP contribution in [-0.2, 0) is 4.74 Å². The number of hydrogen-bond donors (Lipinski definition) is 5. The third kappa shape index (κ3) is 2.86. The highest BCUT2D eigenvalue weighted by atomic mass is 16.5. The molecule has 0 saturated carbocycles. The SMILES string of the molecule is O[C@H]1CC2=C(C[C@H](O)[C@H](C3=CC[C@@H](O)[C@@H](O)C3)O2)[C@@H](O)C1. The molecular formula is C15H22O6. The predicted molar refractivity (Wildman–Crippen MR) is 73.1 cm³/mol. The summed E-state index contributed by atoms with van der Waals surface area (Å²) in [4.78, 5) is 0. The molecule has 0 aromatic heterocycles. The molecule has 0 unspecified atom stereocenters. The zero-order valence-corrected chi connectivity index (χ0v) is 11.7. The van der Waals surface area contributed by atoms with E-state index < -0.39 is 36.6 Å². The minimum Gasteiger partial charge on any atom is -0.488 e. The molecule has 0 aromatic rings. The molecule has 6 atom stereocenters. The molecule has 21 heavy (non-hydrogen) atoms. The normalized spacial score (nSPS) is 44.0. The highest BCUT2D eigenvalue weighted by Crippen LogP contribution is 2.38. The van der Waals surface area contributed by atoms with Crippen molar-refractivity contribution in [2.75, 3.05) is 0 Å². The Balaban J connectivity index is 1.80. The number of hydrogen-bond acceptors (Lipinski definition) is 6. The Kier molecular flexibility index (Phi) is 4.07. The van der Waals surface area contributed by atoms with Crippen LogP contribution in [0.3, 0.4) is 0 Å². The van der Waals surface area contributed by atoms with Crippen molar-refractivity contribution in [2.45, 2.75) is 68.7 Å². The quantitative estimate of drug-likeness (QED) is 0.411. The first-order valence-corrected chi connectivity index (χ1v) is 7.43. The van der Waals surface area contributed by atoms with E-state index in [0.717, 1.165) is 5.57 Å². The van der Waals surface area contributed by atoms with Gasteiger partial charge >= 0.3 is 0 Å². The smallest absolute Gasteiger partial charge is 0.145 e. The Morgan fingerprint density at radius 3 is 2.38 bits per heavy atom. The molecule has 0 saturated heterocycles. The second-order valence-electron chi connectivity index (χ2n) is 6.22. The molecule has 3 rings (SSSR count). The third-order valence-corrected chi connectivity index (χ3v) is 4.60. The van der Waals surface area contributed by atoms with E-state index in [4.69, 9.17) is 4.74 Å². The molecule has 2 aliphatic carbocycles. The molecule has 1 heterocycles. The van der Waals surface area contributed by atoms with Gasteiger partial charge in [0.15, 0.2) is 0 Å². The van der Waals surface area contributed by atoms with Gasteiger partial charge in [-0.3, -0.25) is 0 Å². The van der Waals surface area contributed by atoms with Gasteiger partial charge in [0, 0.05) is 25.7 Å². The lowest BCUT2D eigenvalue weighted by molar-refractivity contribution is -0.0432. The number of ether oxygens (including phenoxy) is 1. The van der Waals surface area contributed by atoms with Crippen LogP contribution in [0, 0.1) is 0 Å². The van der Waals surface area contributed by atoms with Crippen molar-refractivity contribution in [2.24, 2.45) is 0 Å². The van der Waals surface area contributed by atoms with Crippen molar-refractivity contribution >= 4 is 0 Å². The van der Waals surface area contributed by atoms with Crippen LogP contribution in [0.25, 0.3) is 0 Å². The van der Waals surface area contributed by atoms with E-state index >= 15 is 0 Å². The molecule has 0 spiro atoms. The third-order valence-electron chi connectivity index (χ3n) is 4.60. The van der Waals surface area contributed by atoms with Gasteiger partial charge in [0.2, 0.25) is 0 Å². The van der Waals surface area contributed by atoms with E-state index in [1.807, 2.05) is 0 Å². The Morgan fingerprint density at radius 1 is 0.905 bits per heavy atom.